The number of hydrogen-bond acceptors (Lipinski definition) is 3. The Balaban J connectivity index is 2.03. The lowest BCUT2D eigenvalue weighted by Gasteiger charge is -2.19. The van der Waals surface area contributed by atoms with Gasteiger partial charge >= 0.3 is 5.97 Å². The number of benzene rings is 2. The van der Waals surface area contributed by atoms with Gasteiger partial charge in [-0.2, -0.15) is 0 Å². The second kappa shape index (κ2) is 10.2. The molecule has 6 N–H and O–H groups in total. The summed E-state index contributed by atoms with van der Waals surface area (Å²) in [7, 11) is -3.62. The van der Waals surface area contributed by atoms with Crippen LogP contribution in [-0.2, 0) is 9.36 Å². The van der Waals surface area contributed by atoms with Crippen LogP contribution in [0.25, 0.3) is 0 Å². The van der Waals surface area contributed by atoms with Crippen LogP contribution in [0.1, 0.15) is 42.7 Å². The third-order valence-electron chi connectivity index (χ3n) is 4.81. The highest BCUT2D eigenvalue weighted by atomic mass is 31.2. The number of nitrogens with two attached hydrogens (primary N) is 2. The van der Waals surface area contributed by atoms with E-state index >= 15 is 0 Å². The lowest BCUT2D eigenvalue weighted by molar-refractivity contribution is -0.138. The second-order valence-electron chi connectivity index (χ2n) is 7.23. The highest BCUT2D eigenvalue weighted by Gasteiger charge is 2.30. The van der Waals surface area contributed by atoms with E-state index in [-0.39, 0.29) is 24.2 Å². The number of carboxylic acid groups (broad SMARTS) is 1. The van der Waals surface area contributed by atoms with Crippen LogP contribution in [0.5, 0.6) is 0 Å². The lowest BCUT2D eigenvalue weighted by atomic mass is 9.97. The van der Waals surface area contributed by atoms with E-state index in [1.54, 1.807) is 18.2 Å². The molecule has 3 unspecified atom stereocenters. The van der Waals surface area contributed by atoms with Gasteiger partial charge in [-0.05, 0) is 42.0 Å². The molecule has 2 aromatic rings. The molecule has 0 heterocycles. The Bertz CT molecular complexity index is 898. The van der Waals surface area contributed by atoms with Crippen molar-refractivity contribution in [2.75, 3.05) is 12.3 Å². The summed E-state index contributed by atoms with van der Waals surface area (Å²) < 4.78 is 12.7. The molecule has 0 aliphatic heterocycles. The van der Waals surface area contributed by atoms with Gasteiger partial charge < -0.3 is 21.5 Å². The minimum atomic E-state index is -3.62. The molecule has 29 heavy (non-hydrogen) atoms. The van der Waals surface area contributed by atoms with E-state index in [0.717, 1.165) is 6.42 Å². The van der Waals surface area contributed by atoms with Crippen LogP contribution < -0.4 is 11.5 Å². The molecule has 156 valence electrons. The number of carbonyl (C=O) groups is 1. The molecule has 8 heteroatoms. The molecule has 0 spiro atoms. The molecule has 0 radical (unpaired) electrons. The highest BCUT2D eigenvalue weighted by molar-refractivity contribution is 7.58. The molecule has 0 aliphatic carbocycles. The van der Waals surface area contributed by atoms with E-state index in [0.29, 0.717) is 17.7 Å². The number of guanidine groups is 1. The van der Waals surface area contributed by atoms with E-state index in [2.05, 4.69) is 11.9 Å². The summed E-state index contributed by atoms with van der Waals surface area (Å²) in [5, 5.41) is 9.61. The Kier molecular flexibility index (Phi) is 8.00. The lowest BCUT2D eigenvalue weighted by Crippen LogP contribution is -2.22. The smallest absolute Gasteiger partial charge is 0.311 e. The Labute approximate surface area is 170 Å². The Morgan fingerprint density at radius 1 is 1.10 bits per heavy atom. The molecule has 0 aromatic heterocycles. The van der Waals surface area contributed by atoms with Crippen molar-refractivity contribution in [1.29, 1.82) is 0 Å². The average Bonchev–Trinajstić information content (AvgIpc) is 2.66. The van der Waals surface area contributed by atoms with Gasteiger partial charge in [0.15, 0.2) is 5.96 Å². The zero-order chi connectivity index (χ0) is 21.4. The largest absolute Gasteiger partial charge is 0.481 e. The number of rotatable bonds is 10. The van der Waals surface area contributed by atoms with E-state index < -0.39 is 19.3 Å². The van der Waals surface area contributed by atoms with E-state index in [9.17, 15) is 19.4 Å². The van der Waals surface area contributed by atoms with Crippen LogP contribution in [0.4, 0.5) is 5.69 Å². The number of aliphatic carboxylic acids is 1. The normalized spacial score (nSPS) is 15.1. The first kappa shape index (κ1) is 22.7. The van der Waals surface area contributed by atoms with Gasteiger partial charge in [0.05, 0.1) is 11.6 Å². The topological polar surface area (TPSA) is 139 Å². The number of carboxylic acids is 1. The van der Waals surface area contributed by atoms with Gasteiger partial charge in [0, 0.05) is 12.3 Å². The number of hydrogen-bond donors (Lipinski definition) is 4. The van der Waals surface area contributed by atoms with Crippen LogP contribution in [0, 0.1) is 0 Å². The highest BCUT2D eigenvalue weighted by Crippen LogP contribution is 2.46. The van der Waals surface area contributed by atoms with Crippen molar-refractivity contribution < 1.29 is 19.4 Å². The summed E-state index contributed by atoms with van der Waals surface area (Å²) in [6.45, 7) is 2.08. The summed E-state index contributed by atoms with van der Waals surface area (Å²) in [5.41, 5.74) is 12.7. The van der Waals surface area contributed by atoms with Gasteiger partial charge in [-0.25, -0.2) is 4.99 Å². The van der Waals surface area contributed by atoms with Crippen molar-refractivity contribution in [2.24, 2.45) is 16.5 Å². The fourth-order valence-electron chi connectivity index (χ4n) is 3.26. The third-order valence-corrected chi connectivity index (χ3v) is 6.76. The summed E-state index contributed by atoms with van der Waals surface area (Å²) >= 11 is 0. The molecule has 2 rings (SSSR count). The van der Waals surface area contributed by atoms with Gasteiger partial charge in [-0.1, -0.05) is 49.4 Å². The minimum absolute atomic E-state index is 0.0849. The maximum absolute atomic E-state index is 12.7. The maximum Gasteiger partial charge on any atom is 0.311 e. The van der Waals surface area contributed by atoms with E-state index in [1.807, 2.05) is 30.3 Å². The molecule has 0 saturated carbocycles. The SMILES string of the molecule is CC(CCCP(=O)(O)CC(C(=O)O)c1cccc(N=C(N)N)c1)c1ccccc1. The molecular formula is C21H28N3O4P. The molecule has 2 aromatic carbocycles. The summed E-state index contributed by atoms with van der Waals surface area (Å²) in [5.74, 6) is -2.14. The van der Waals surface area contributed by atoms with Gasteiger partial charge in [0.2, 0.25) is 7.37 Å². The Hall–Kier alpha value is -2.63. The van der Waals surface area contributed by atoms with Crippen LogP contribution in [0.15, 0.2) is 59.6 Å². The molecule has 0 saturated heterocycles. The summed E-state index contributed by atoms with van der Waals surface area (Å²) in [6, 6.07) is 16.3. The van der Waals surface area contributed by atoms with Crippen LogP contribution in [0.2, 0.25) is 0 Å². The average molecular weight is 417 g/mol. The zero-order valence-electron chi connectivity index (χ0n) is 16.4. The molecule has 0 aliphatic rings. The number of aliphatic imine (C=N–C) groups is 1. The van der Waals surface area contributed by atoms with Gasteiger partial charge in [0.1, 0.15) is 0 Å². The quantitative estimate of drug-likeness (QED) is 0.265. The first-order chi connectivity index (χ1) is 13.7. The first-order valence-electron chi connectivity index (χ1n) is 9.46. The van der Waals surface area contributed by atoms with Crippen molar-refractivity contribution in [3.63, 3.8) is 0 Å². The van der Waals surface area contributed by atoms with Crippen molar-refractivity contribution in [2.45, 2.75) is 31.6 Å². The standard InChI is InChI=1S/C21H28N3O4P/c1-15(16-8-3-2-4-9-16)7-6-12-29(27,28)14-19(20(25)26)17-10-5-11-18(13-17)24-21(22)23/h2-5,8-11,13,15,19H,6-7,12,14H2,1H3,(H,25,26)(H,27,28)(H4,22,23,24). The molecule has 7 nitrogen and oxygen atoms in total. The van der Waals surface area contributed by atoms with E-state index in [1.165, 1.54) is 11.6 Å². The summed E-state index contributed by atoms with van der Waals surface area (Å²) in [6.07, 6.45) is 1.06. The molecular weight excluding hydrogens is 389 g/mol. The third kappa shape index (κ3) is 7.37. The number of nitrogens with zero attached hydrogens (tertiary/aromatic N) is 1. The fourth-order valence-corrected chi connectivity index (χ4v) is 5.05. The van der Waals surface area contributed by atoms with Crippen molar-refractivity contribution in [3.05, 3.63) is 65.7 Å². The first-order valence-corrected chi connectivity index (χ1v) is 11.5. The zero-order valence-corrected chi connectivity index (χ0v) is 17.3. The molecule has 3 atom stereocenters. The van der Waals surface area contributed by atoms with E-state index in [4.69, 9.17) is 11.5 Å². The van der Waals surface area contributed by atoms with Crippen LogP contribution in [0.3, 0.4) is 0 Å². The summed E-state index contributed by atoms with van der Waals surface area (Å²) in [4.78, 5) is 26.1. The van der Waals surface area contributed by atoms with Crippen LogP contribution >= 0.6 is 7.37 Å². The van der Waals surface area contributed by atoms with Gasteiger partial charge in [-0.3, -0.25) is 9.36 Å². The Morgan fingerprint density at radius 3 is 2.38 bits per heavy atom. The molecule has 0 amide bonds. The minimum Gasteiger partial charge on any atom is -0.481 e. The fraction of sp³-hybridized carbons (Fsp3) is 0.333. The predicted octanol–water partition coefficient (Wildman–Crippen LogP) is 3.61. The van der Waals surface area contributed by atoms with Crippen LogP contribution in [-0.4, -0.2) is 34.3 Å². The maximum atomic E-state index is 12.7. The monoisotopic (exact) mass is 417 g/mol. The van der Waals surface area contributed by atoms with Crippen molar-refractivity contribution in [1.82, 2.24) is 0 Å². The van der Waals surface area contributed by atoms with Gasteiger partial charge in [0.25, 0.3) is 0 Å². The van der Waals surface area contributed by atoms with Gasteiger partial charge in [-0.15, -0.1) is 0 Å². The predicted molar refractivity (Wildman–Crippen MR) is 116 cm³/mol. The van der Waals surface area contributed by atoms with Crippen molar-refractivity contribution in [3.8, 4) is 0 Å². The molecule has 0 fully saturated rings. The van der Waals surface area contributed by atoms with Crippen molar-refractivity contribution >= 4 is 25.0 Å². The second-order valence-corrected chi connectivity index (χ2v) is 9.73. The Morgan fingerprint density at radius 2 is 1.76 bits per heavy atom. The molecule has 0 bridgehead atoms.